The number of rotatable bonds is 4. The second-order valence-corrected chi connectivity index (χ2v) is 5.28. The number of nitrogens with zero attached hydrogens (tertiary/aromatic N) is 1. The molecule has 0 radical (unpaired) electrons. The smallest absolute Gasteiger partial charge is 0.233 e. The lowest BCUT2D eigenvalue weighted by Crippen LogP contribution is -2.21. The molecule has 1 aromatic heterocycles. The summed E-state index contributed by atoms with van der Waals surface area (Å²) in [4.78, 5) is 28.1. The van der Waals surface area contributed by atoms with Crippen LogP contribution < -0.4 is 10.6 Å². The number of hydrogen-bond acceptors (Lipinski definition) is 3. The lowest BCUT2D eigenvalue weighted by molar-refractivity contribution is -0.123. The Morgan fingerprint density at radius 3 is 2.48 bits per heavy atom. The standard InChI is InChI=1S/C18H13F2N3O2/c19-13-7-6-12(9-14(13)20)22-16(24)10-17(25)23-15-5-1-3-11-4-2-8-21-18(11)15/h1-9H,10H2,(H,22,24)(H,23,25). The van der Waals surface area contributed by atoms with E-state index in [4.69, 9.17) is 0 Å². The lowest BCUT2D eigenvalue weighted by Gasteiger charge is -2.08. The molecule has 2 amide bonds. The maximum Gasteiger partial charge on any atom is 0.233 e. The van der Waals surface area contributed by atoms with Gasteiger partial charge in [-0.25, -0.2) is 8.78 Å². The molecule has 126 valence electrons. The molecule has 0 aliphatic carbocycles. The quantitative estimate of drug-likeness (QED) is 0.714. The molecule has 2 N–H and O–H groups in total. The summed E-state index contributed by atoms with van der Waals surface area (Å²) in [5.41, 5.74) is 1.17. The Morgan fingerprint density at radius 2 is 1.68 bits per heavy atom. The first-order valence-electron chi connectivity index (χ1n) is 7.41. The van der Waals surface area contributed by atoms with Gasteiger partial charge in [-0.3, -0.25) is 14.6 Å². The van der Waals surface area contributed by atoms with Gasteiger partial charge in [0.15, 0.2) is 11.6 Å². The van der Waals surface area contributed by atoms with Gasteiger partial charge in [0.25, 0.3) is 0 Å². The van der Waals surface area contributed by atoms with Crippen LogP contribution in [0.1, 0.15) is 6.42 Å². The third kappa shape index (κ3) is 3.95. The normalized spacial score (nSPS) is 10.5. The highest BCUT2D eigenvalue weighted by Gasteiger charge is 2.12. The minimum atomic E-state index is -1.08. The highest BCUT2D eigenvalue weighted by atomic mass is 19.2. The first-order valence-corrected chi connectivity index (χ1v) is 7.41. The molecule has 0 fully saturated rings. The highest BCUT2D eigenvalue weighted by Crippen LogP contribution is 2.20. The number of para-hydroxylation sites is 1. The van der Waals surface area contributed by atoms with E-state index in [1.54, 1.807) is 24.4 Å². The Kier molecular flexibility index (Phi) is 4.65. The minimum Gasteiger partial charge on any atom is -0.326 e. The maximum atomic E-state index is 13.1. The third-order valence-corrected chi connectivity index (χ3v) is 3.43. The molecule has 0 spiro atoms. The van der Waals surface area contributed by atoms with Crippen LogP contribution in [0, 0.1) is 11.6 Å². The molecule has 7 heteroatoms. The molecule has 3 aromatic rings. The van der Waals surface area contributed by atoms with Crippen molar-refractivity contribution in [3.63, 3.8) is 0 Å². The van der Waals surface area contributed by atoms with Crippen molar-refractivity contribution in [2.75, 3.05) is 10.6 Å². The predicted octanol–water partition coefficient (Wildman–Crippen LogP) is 3.48. The zero-order valence-corrected chi connectivity index (χ0v) is 12.9. The molecule has 5 nitrogen and oxygen atoms in total. The molecule has 0 aliphatic heterocycles. The summed E-state index contributed by atoms with van der Waals surface area (Å²) in [5, 5.41) is 5.82. The van der Waals surface area contributed by atoms with Crippen LogP contribution in [0.5, 0.6) is 0 Å². The van der Waals surface area contributed by atoms with E-state index in [9.17, 15) is 18.4 Å². The molecule has 0 unspecified atom stereocenters. The summed E-state index contributed by atoms with van der Waals surface area (Å²) in [6.07, 6.45) is 1.13. The van der Waals surface area contributed by atoms with Crippen LogP contribution in [0.4, 0.5) is 20.2 Å². The Labute approximate surface area is 141 Å². The molecule has 3 rings (SSSR count). The van der Waals surface area contributed by atoms with E-state index in [1.807, 2.05) is 12.1 Å². The summed E-state index contributed by atoms with van der Waals surface area (Å²) < 4.78 is 26.0. The van der Waals surface area contributed by atoms with Crippen LogP contribution in [0.2, 0.25) is 0 Å². The van der Waals surface area contributed by atoms with Crippen LogP contribution in [-0.4, -0.2) is 16.8 Å². The van der Waals surface area contributed by atoms with Gasteiger partial charge in [0, 0.05) is 23.3 Å². The SMILES string of the molecule is O=C(CC(=O)Nc1cccc2cccnc12)Nc1ccc(F)c(F)c1. The van der Waals surface area contributed by atoms with Crippen molar-refractivity contribution in [3.05, 3.63) is 66.4 Å². The molecule has 0 atom stereocenters. The van der Waals surface area contributed by atoms with Gasteiger partial charge >= 0.3 is 0 Å². The van der Waals surface area contributed by atoms with Crippen LogP contribution in [0.3, 0.4) is 0 Å². The fraction of sp³-hybridized carbons (Fsp3) is 0.0556. The Balaban J connectivity index is 1.65. The number of fused-ring (bicyclic) bond motifs is 1. The molecule has 0 saturated heterocycles. The maximum absolute atomic E-state index is 13.1. The van der Waals surface area contributed by atoms with Gasteiger partial charge < -0.3 is 10.6 Å². The lowest BCUT2D eigenvalue weighted by atomic mass is 10.2. The van der Waals surface area contributed by atoms with Crippen molar-refractivity contribution in [1.82, 2.24) is 4.98 Å². The van der Waals surface area contributed by atoms with Crippen LogP contribution >= 0.6 is 0 Å². The molecular formula is C18H13F2N3O2. The van der Waals surface area contributed by atoms with E-state index in [0.29, 0.717) is 11.2 Å². The van der Waals surface area contributed by atoms with Crippen molar-refractivity contribution in [2.24, 2.45) is 0 Å². The number of pyridine rings is 1. The van der Waals surface area contributed by atoms with E-state index in [0.717, 1.165) is 17.5 Å². The van der Waals surface area contributed by atoms with Gasteiger partial charge in [-0.1, -0.05) is 18.2 Å². The molecule has 0 aliphatic rings. The summed E-state index contributed by atoms with van der Waals surface area (Å²) in [7, 11) is 0. The number of benzene rings is 2. The number of anilines is 2. The van der Waals surface area contributed by atoms with Crippen molar-refractivity contribution in [2.45, 2.75) is 6.42 Å². The van der Waals surface area contributed by atoms with Crippen molar-refractivity contribution in [3.8, 4) is 0 Å². The van der Waals surface area contributed by atoms with Gasteiger partial charge in [-0.2, -0.15) is 0 Å². The van der Waals surface area contributed by atoms with Crippen LogP contribution in [0.15, 0.2) is 54.7 Å². The second-order valence-electron chi connectivity index (χ2n) is 5.28. The van der Waals surface area contributed by atoms with E-state index < -0.39 is 29.9 Å². The number of carbonyl (C=O) groups is 2. The van der Waals surface area contributed by atoms with Gasteiger partial charge in [0.1, 0.15) is 6.42 Å². The summed E-state index contributed by atoms with van der Waals surface area (Å²) in [5.74, 6) is -3.28. The number of nitrogens with one attached hydrogen (secondary N) is 2. The zero-order chi connectivity index (χ0) is 17.8. The van der Waals surface area contributed by atoms with Gasteiger partial charge in [-0.05, 0) is 24.3 Å². The third-order valence-electron chi connectivity index (χ3n) is 3.43. The van der Waals surface area contributed by atoms with E-state index >= 15 is 0 Å². The molecule has 25 heavy (non-hydrogen) atoms. The summed E-state index contributed by atoms with van der Waals surface area (Å²) >= 11 is 0. The average molecular weight is 341 g/mol. The van der Waals surface area contributed by atoms with Crippen molar-refractivity contribution in [1.29, 1.82) is 0 Å². The Morgan fingerprint density at radius 1 is 0.920 bits per heavy atom. The van der Waals surface area contributed by atoms with Crippen LogP contribution in [-0.2, 0) is 9.59 Å². The van der Waals surface area contributed by atoms with E-state index in [1.165, 1.54) is 6.07 Å². The zero-order valence-electron chi connectivity index (χ0n) is 12.9. The number of hydrogen-bond donors (Lipinski definition) is 2. The molecule has 2 aromatic carbocycles. The van der Waals surface area contributed by atoms with E-state index in [-0.39, 0.29) is 5.69 Å². The highest BCUT2D eigenvalue weighted by molar-refractivity contribution is 6.10. The monoisotopic (exact) mass is 341 g/mol. The fourth-order valence-corrected chi connectivity index (χ4v) is 2.32. The first kappa shape index (κ1) is 16.5. The van der Waals surface area contributed by atoms with E-state index in [2.05, 4.69) is 15.6 Å². The minimum absolute atomic E-state index is 0.0727. The van der Waals surface area contributed by atoms with Crippen molar-refractivity contribution >= 4 is 34.1 Å². The second kappa shape index (κ2) is 7.04. The number of halogens is 2. The summed E-state index contributed by atoms with van der Waals surface area (Å²) in [6, 6.07) is 11.9. The van der Waals surface area contributed by atoms with Crippen molar-refractivity contribution < 1.29 is 18.4 Å². The summed E-state index contributed by atoms with van der Waals surface area (Å²) in [6.45, 7) is 0. The first-order chi connectivity index (χ1) is 12.0. The molecule has 0 saturated carbocycles. The molecule has 1 heterocycles. The largest absolute Gasteiger partial charge is 0.326 e. The topological polar surface area (TPSA) is 71.1 Å². The van der Waals surface area contributed by atoms with Gasteiger partial charge in [0.2, 0.25) is 11.8 Å². The number of carbonyl (C=O) groups excluding carboxylic acids is 2. The Bertz CT molecular complexity index is 955. The van der Waals surface area contributed by atoms with Gasteiger partial charge in [0.05, 0.1) is 11.2 Å². The molecule has 0 bridgehead atoms. The Hall–Kier alpha value is -3.35. The number of amides is 2. The number of aromatic nitrogens is 1. The fourth-order valence-electron chi connectivity index (χ4n) is 2.32. The predicted molar refractivity (Wildman–Crippen MR) is 90.0 cm³/mol. The molecular weight excluding hydrogens is 328 g/mol. The van der Waals surface area contributed by atoms with Crippen LogP contribution in [0.25, 0.3) is 10.9 Å². The van der Waals surface area contributed by atoms with Gasteiger partial charge in [-0.15, -0.1) is 0 Å². The average Bonchev–Trinajstić information content (AvgIpc) is 2.58.